The summed E-state index contributed by atoms with van der Waals surface area (Å²) in [6.07, 6.45) is 3.29. The van der Waals surface area contributed by atoms with E-state index in [9.17, 15) is 4.79 Å². The van der Waals surface area contributed by atoms with E-state index in [-0.39, 0.29) is 11.6 Å². The molecule has 0 aliphatic rings. The van der Waals surface area contributed by atoms with Crippen LogP contribution in [0.4, 0.5) is 0 Å². The van der Waals surface area contributed by atoms with Crippen molar-refractivity contribution < 1.29 is 5.32 Å². The van der Waals surface area contributed by atoms with Crippen LogP contribution in [0.3, 0.4) is 0 Å². The smallest absolute Gasteiger partial charge is 0.261 e. The number of unbranched alkanes of at least 4 members (excludes halogenated alkanes) is 1. The van der Waals surface area contributed by atoms with E-state index in [1.165, 1.54) is 12.8 Å². The Balaban J connectivity index is 2.52. The van der Waals surface area contributed by atoms with E-state index < -0.39 is 0 Å². The van der Waals surface area contributed by atoms with Gasteiger partial charge in [-0.1, -0.05) is 31.9 Å². The van der Waals surface area contributed by atoms with E-state index in [0.717, 1.165) is 18.8 Å². The van der Waals surface area contributed by atoms with Crippen LogP contribution in [0, 0.1) is 0 Å². The summed E-state index contributed by atoms with van der Waals surface area (Å²) in [5.74, 6) is 0.862. The molecular weight excluding hydrogens is 298 g/mol. The Bertz CT molecular complexity index is 696. The zero-order chi connectivity index (χ0) is 16.1. The van der Waals surface area contributed by atoms with Gasteiger partial charge in [0, 0.05) is 18.0 Å². The fourth-order valence-electron chi connectivity index (χ4n) is 2.78. The molecule has 22 heavy (non-hydrogen) atoms. The standard InChI is InChI=1S/C17H24ClN3O/c1-4-7-10-19-14(5-2)16-20-15-11-12(18)8-9-13(15)17(22)21(16)6-3/h8-9,11,14,19H,4-7,10H2,1-3H3/p+1/t14-/m1/s1. The summed E-state index contributed by atoms with van der Waals surface area (Å²) in [5, 5.41) is 3.55. The summed E-state index contributed by atoms with van der Waals surface area (Å²) in [7, 11) is 0. The lowest BCUT2D eigenvalue weighted by atomic mass is 10.1. The topological polar surface area (TPSA) is 51.5 Å². The maximum absolute atomic E-state index is 12.7. The predicted octanol–water partition coefficient (Wildman–Crippen LogP) is 2.88. The third-order valence-corrected chi connectivity index (χ3v) is 4.28. The highest BCUT2D eigenvalue weighted by molar-refractivity contribution is 6.31. The SMILES string of the molecule is CCCC[NH2+][C@H](CC)c1nc2cc(Cl)ccc2c(=O)n1CC. The zero-order valence-electron chi connectivity index (χ0n) is 13.6. The average Bonchev–Trinajstić information content (AvgIpc) is 2.51. The lowest BCUT2D eigenvalue weighted by Crippen LogP contribution is -2.85. The molecule has 2 rings (SSSR count). The van der Waals surface area contributed by atoms with Gasteiger partial charge in [-0.3, -0.25) is 9.36 Å². The van der Waals surface area contributed by atoms with Crippen molar-refractivity contribution >= 4 is 22.5 Å². The van der Waals surface area contributed by atoms with Crippen molar-refractivity contribution in [2.75, 3.05) is 6.54 Å². The lowest BCUT2D eigenvalue weighted by Gasteiger charge is -2.18. The minimum atomic E-state index is 0.0292. The molecule has 4 nitrogen and oxygen atoms in total. The Kier molecular flexibility index (Phi) is 5.98. The highest BCUT2D eigenvalue weighted by atomic mass is 35.5. The van der Waals surface area contributed by atoms with Crippen molar-refractivity contribution in [2.45, 2.75) is 52.6 Å². The molecule has 0 fully saturated rings. The molecule has 2 aromatic rings. The summed E-state index contributed by atoms with van der Waals surface area (Å²) in [4.78, 5) is 17.5. The highest BCUT2D eigenvalue weighted by Gasteiger charge is 2.20. The van der Waals surface area contributed by atoms with E-state index in [1.807, 2.05) is 6.92 Å². The summed E-state index contributed by atoms with van der Waals surface area (Å²) < 4.78 is 1.80. The van der Waals surface area contributed by atoms with Gasteiger partial charge >= 0.3 is 0 Å². The fourth-order valence-corrected chi connectivity index (χ4v) is 2.94. The van der Waals surface area contributed by atoms with Gasteiger partial charge in [0.2, 0.25) is 0 Å². The molecular formula is C17H25ClN3O+. The summed E-state index contributed by atoms with van der Waals surface area (Å²) in [6.45, 7) is 8.02. The highest BCUT2D eigenvalue weighted by Crippen LogP contribution is 2.18. The number of aromatic nitrogens is 2. The van der Waals surface area contributed by atoms with E-state index in [0.29, 0.717) is 22.5 Å². The molecule has 0 saturated carbocycles. The molecule has 0 saturated heterocycles. The predicted molar refractivity (Wildman–Crippen MR) is 91.4 cm³/mol. The van der Waals surface area contributed by atoms with Crippen LogP contribution >= 0.6 is 11.6 Å². The summed E-state index contributed by atoms with van der Waals surface area (Å²) >= 11 is 6.06. The number of halogens is 1. The van der Waals surface area contributed by atoms with E-state index in [2.05, 4.69) is 19.2 Å². The average molecular weight is 323 g/mol. The second-order valence-corrected chi connectivity index (χ2v) is 6.01. The molecule has 1 atom stereocenters. The van der Waals surface area contributed by atoms with Crippen molar-refractivity contribution in [3.63, 3.8) is 0 Å². The first-order valence-electron chi connectivity index (χ1n) is 8.15. The molecule has 0 spiro atoms. The minimum absolute atomic E-state index is 0.0292. The maximum atomic E-state index is 12.7. The number of nitrogens with two attached hydrogens (primary N) is 1. The van der Waals surface area contributed by atoms with Gasteiger partial charge < -0.3 is 5.32 Å². The van der Waals surface area contributed by atoms with Gasteiger partial charge in [0.05, 0.1) is 17.4 Å². The van der Waals surface area contributed by atoms with Gasteiger partial charge in [0.25, 0.3) is 5.56 Å². The van der Waals surface area contributed by atoms with Crippen LogP contribution in [0.15, 0.2) is 23.0 Å². The molecule has 120 valence electrons. The van der Waals surface area contributed by atoms with Crippen molar-refractivity contribution in [1.82, 2.24) is 9.55 Å². The first-order valence-corrected chi connectivity index (χ1v) is 8.53. The van der Waals surface area contributed by atoms with Crippen LogP contribution in [0.5, 0.6) is 0 Å². The van der Waals surface area contributed by atoms with Crippen LogP contribution in [0.25, 0.3) is 10.9 Å². The summed E-state index contributed by atoms with van der Waals surface area (Å²) in [6, 6.07) is 5.50. The van der Waals surface area contributed by atoms with Gasteiger partial charge in [-0.15, -0.1) is 0 Å². The van der Waals surface area contributed by atoms with Gasteiger partial charge in [-0.2, -0.15) is 0 Å². The van der Waals surface area contributed by atoms with Gasteiger partial charge in [0.15, 0.2) is 5.82 Å². The van der Waals surface area contributed by atoms with E-state index in [4.69, 9.17) is 16.6 Å². The molecule has 0 radical (unpaired) electrons. The number of hydrogen-bond donors (Lipinski definition) is 1. The van der Waals surface area contributed by atoms with Crippen molar-refractivity contribution in [3.8, 4) is 0 Å². The molecule has 0 unspecified atom stereocenters. The second-order valence-electron chi connectivity index (χ2n) is 5.57. The number of nitrogens with zero attached hydrogens (tertiary/aromatic N) is 2. The van der Waals surface area contributed by atoms with Crippen LogP contribution in [-0.2, 0) is 6.54 Å². The Morgan fingerprint density at radius 3 is 2.73 bits per heavy atom. The van der Waals surface area contributed by atoms with Crippen molar-refractivity contribution in [2.24, 2.45) is 0 Å². The number of rotatable bonds is 7. The molecule has 0 amide bonds. The molecule has 2 N–H and O–H groups in total. The fraction of sp³-hybridized carbons (Fsp3) is 0.529. The summed E-state index contributed by atoms with van der Waals surface area (Å²) in [5.41, 5.74) is 0.723. The monoisotopic (exact) mass is 322 g/mol. The van der Waals surface area contributed by atoms with E-state index in [1.54, 1.807) is 22.8 Å². The molecule has 5 heteroatoms. The third-order valence-electron chi connectivity index (χ3n) is 4.04. The van der Waals surface area contributed by atoms with Crippen LogP contribution < -0.4 is 10.9 Å². The normalized spacial score (nSPS) is 12.7. The first kappa shape index (κ1) is 17.0. The van der Waals surface area contributed by atoms with Gasteiger partial charge in [-0.05, 0) is 31.5 Å². The van der Waals surface area contributed by atoms with Crippen LogP contribution in [0.2, 0.25) is 5.02 Å². The van der Waals surface area contributed by atoms with Gasteiger partial charge in [-0.25, -0.2) is 4.98 Å². The number of benzene rings is 1. The number of quaternary nitrogens is 1. The van der Waals surface area contributed by atoms with Crippen molar-refractivity contribution in [3.05, 3.63) is 39.4 Å². The van der Waals surface area contributed by atoms with Gasteiger partial charge in [0.1, 0.15) is 6.04 Å². The third kappa shape index (κ3) is 3.50. The molecule has 1 aromatic carbocycles. The number of hydrogen-bond acceptors (Lipinski definition) is 2. The molecule has 0 aliphatic carbocycles. The quantitative estimate of drug-likeness (QED) is 0.797. The maximum Gasteiger partial charge on any atom is 0.261 e. The second kappa shape index (κ2) is 7.75. The Hall–Kier alpha value is -1.39. The van der Waals surface area contributed by atoms with E-state index >= 15 is 0 Å². The Labute approximate surface area is 136 Å². The molecule has 1 aromatic heterocycles. The largest absolute Gasteiger partial charge is 0.338 e. The van der Waals surface area contributed by atoms with Crippen molar-refractivity contribution in [1.29, 1.82) is 0 Å². The Morgan fingerprint density at radius 2 is 2.09 bits per heavy atom. The minimum Gasteiger partial charge on any atom is -0.338 e. The van der Waals surface area contributed by atoms with Crippen LogP contribution in [-0.4, -0.2) is 16.1 Å². The lowest BCUT2D eigenvalue weighted by molar-refractivity contribution is -0.698. The first-order chi connectivity index (χ1) is 10.6. The molecule has 1 heterocycles. The zero-order valence-corrected chi connectivity index (χ0v) is 14.4. The Morgan fingerprint density at radius 1 is 1.32 bits per heavy atom. The molecule has 0 aliphatic heterocycles. The molecule has 0 bridgehead atoms. The van der Waals surface area contributed by atoms with Crippen LogP contribution in [0.1, 0.15) is 51.9 Å². The number of fused-ring (bicyclic) bond motifs is 1.